The molecule has 0 atom stereocenters. The highest BCUT2D eigenvalue weighted by Gasteiger charge is 2.13. The number of hydrogen-bond donors (Lipinski definition) is 1. The molecule has 0 saturated heterocycles. The highest BCUT2D eigenvalue weighted by molar-refractivity contribution is 5.87. The zero-order chi connectivity index (χ0) is 11.0. The van der Waals surface area contributed by atoms with Crippen LogP contribution >= 0.6 is 0 Å². The van der Waals surface area contributed by atoms with E-state index in [2.05, 4.69) is 5.10 Å². The summed E-state index contributed by atoms with van der Waals surface area (Å²) in [5.74, 6) is -0.931. The molecule has 2 aromatic heterocycles. The zero-order valence-electron chi connectivity index (χ0n) is 8.51. The fraction of sp³-hybridized carbons (Fsp3) is 0.200. The van der Waals surface area contributed by atoms with Gasteiger partial charge in [-0.15, -0.1) is 0 Å². The summed E-state index contributed by atoms with van der Waals surface area (Å²) in [5, 5.41) is 13.1. The summed E-state index contributed by atoms with van der Waals surface area (Å²) >= 11 is 0. The second-order valence-electron chi connectivity index (χ2n) is 3.34. The van der Waals surface area contributed by atoms with E-state index in [1.807, 2.05) is 19.3 Å². The number of rotatable bonds is 2. The fourth-order valence-electron chi connectivity index (χ4n) is 1.53. The molecule has 2 aromatic rings. The minimum absolute atomic E-state index is 0.260. The van der Waals surface area contributed by atoms with E-state index in [-0.39, 0.29) is 5.69 Å². The van der Waals surface area contributed by atoms with Crippen LogP contribution in [0.5, 0.6) is 0 Å². The minimum Gasteiger partial charge on any atom is -0.477 e. The molecule has 2 rings (SSSR count). The van der Waals surface area contributed by atoms with Gasteiger partial charge in [-0.2, -0.15) is 5.10 Å². The van der Waals surface area contributed by atoms with Gasteiger partial charge in [-0.3, -0.25) is 4.68 Å². The van der Waals surface area contributed by atoms with E-state index < -0.39 is 5.97 Å². The quantitative estimate of drug-likeness (QED) is 0.799. The average molecular weight is 205 g/mol. The Labute approximate surface area is 86.6 Å². The van der Waals surface area contributed by atoms with Crippen molar-refractivity contribution in [2.75, 3.05) is 0 Å². The van der Waals surface area contributed by atoms with Crippen molar-refractivity contribution in [2.24, 2.45) is 14.1 Å². The number of aromatic nitrogens is 3. The highest BCUT2D eigenvalue weighted by atomic mass is 16.4. The van der Waals surface area contributed by atoms with E-state index in [1.165, 1.54) is 0 Å². The van der Waals surface area contributed by atoms with Crippen LogP contribution in [-0.2, 0) is 14.1 Å². The van der Waals surface area contributed by atoms with Crippen molar-refractivity contribution in [1.29, 1.82) is 0 Å². The summed E-state index contributed by atoms with van der Waals surface area (Å²) < 4.78 is 3.30. The number of aromatic carboxylic acids is 1. The molecule has 78 valence electrons. The molecule has 0 aliphatic carbocycles. The van der Waals surface area contributed by atoms with Gasteiger partial charge in [0.15, 0.2) is 0 Å². The number of nitrogens with zero attached hydrogens (tertiary/aromatic N) is 3. The van der Waals surface area contributed by atoms with Crippen LogP contribution in [0.15, 0.2) is 24.4 Å². The van der Waals surface area contributed by atoms with Crippen LogP contribution in [0.25, 0.3) is 11.4 Å². The number of carboxylic acid groups (broad SMARTS) is 1. The molecule has 0 amide bonds. The lowest BCUT2D eigenvalue weighted by Crippen LogP contribution is -2.05. The van der Waals surface area contributed by atoms with Gasteiger partial charge in [-0.1, -0.05) is 0 Å². The molecule has 0 fully saturated rings. The van der Waals surface area contributed by atoms with Crippen molar-refractivity contribution in [2.45, 2.75) is 0 Å². The zero-order valence-corrected chi connectivity index (χ0v) is 8.51. The Morgan fingerprint density at radius 2 is 2.07 bits per heavy atom. The molecular formula is C10H11N3O2. The summed E-state index contributed by atoms with van der Waals surface area (Å²) in [4.78, 5) is 10.8. The number of hydrogen-bond acceptors (Lipinski definition) is 2. The Morgan fingerprint density at radius 3 is 2.53 bits per heavy atom. The van der Waals surface area contributed by atoms with Gasteiger partial charge in [0, 0.05) is 20.3 Å². The lowest BCUT2D eigenvalue weighted by atomic mass is 10.3. The van der Waals surface area contributed by atoms with Crippen molar-refractivity contribution >= 4 is 5.97 Å². The third kappa shape index (κ3) is 1.52. The molecule has 0 spiro atoms. The van der Waals surface area contributed by atoms with E-state index in [0.29, 0.717) is 0 Å². The first-order chi connectivity index (χ1) is 7.09. The van der Waals surface area contributed by atoms with Crippen LogP contribution in [0.1, 0.15) is 10.5 Å². The van der Waals surface area contributed by atoms with Gasteiger partial charge in [-0.05, 0) is 18.2 Å². The third-order valence-electron chi connectivity index (χ3n) is 2.32. The summed E-state index contributed by atoms with van der Waals surface area (Å²) in [6.45, 7) is 0. The second kappa shape index (κ2) is 3.27. The second-order valence-corrected chi connectivity index (χ2v) is 3.34. The van der Waals surface area contributed by atoms with Gasteiger partial charge in [0.25, 0.3) is 0 Å². The maximum Gasteiger partial charge on any atom is 0.352 e. The van der Waals surface area contributed by atoms with Gasteiger partial charge >= 0.3 is 5.97 Å². The van der Waals surface area contributed by atoms with Crippen molar-refractivity contribution in [3.05, 3.63) is 30.1 Å². The molecule has 2 heterocycles. The van der Waals surface area contributed by atoms with Crippen molar-refractivity contribution in [3.63, 3.8) is 0 Å². The van der Waals surface area contributed by atoms with Gasteiger partial charge in [0.05, 0.1) is 5.69 Å². The predicted molar refractivity (Wildman–Crippen MR) is 54.6 cm³/mol. The van der Waals surface area contributed by atoms with Gasteiger partial charge in [0.1, 0.15) is 11.4 Å². The average Bonchev–Trinajstić information content (AvgIpc) is 2.71. The minimum atomic E-state index is -0.931. The van der Waals surface area contributed by atoms with E-state index >= 15 is 0 Å². The molecule has 15 heavy (non-hydrogen) atoms. The van der Waals surface area contributed by atoms with E-state index in [4.69, 9.17) is 5.11 Å². The van der Waals surface area contributed by atoms with E-state index in [0.717, 1.165) is 11.4 Å². The SMILES string of the molecule is Cn1ccc(-c2ccc(C(=O)O)n2C)n1. The summed E-state index contributed by atoms with van der Waals surface area (Å²) in [7, 11) is 3.54. The highest BCUT2D eigenvalue weighted by Crippen LogP contribution is 2.19. The molecular weight excluding hydrogens is 194 g/mol. The van der Waals surface area contributed by atoms with E-state index in [9.17, 15) is 4.79 Å². The molecule has 5 nitrogen and oxygen atoms in total. The topological polar surface area (TPSA) is 60.1 Å². The predicted octanol–water partition coefficient (Wildman–Crippen LogP) is 1.12. The van der Waals surface area contributed by atoms with E-state index in [1.54, 1.807) is 28.4 Å². The van der Waals surface area contributed by atoms with Gasteiger partial charge in [-0.25, -0.2) is 4.79 Å². The first kappa shape index (κ1) is 9.51. The Hall–Kier alpha value is -2.04. The molecule has 0 aliphatic heterocycles. The maximum atomic E-state index is 10.8. The molecule has 0 aromatic carbocycles. The molecule has 0 unspecified atom stereocenters. The first-order valence-corrected chi connectivity index (χ1v) is 4.48. The van der Waals surface area contributed by atoms with Crippen molar-refractivity contribution < 1.29 is 9.90 Å². The first-order valence-electron chi connectivity index (χ1n) is 4.48. The van der Waals surface area contributed by atoms with Crippen LogP contribution in [0.2, 0.25) is 0 Å². The molecule has 5 heteroatoms. The van der Waals surface area contributed by atoms with Gasteiger partial charge in [0.2, 0.25) is 0 Å². The van der Waals surface area contributed by atoms with Crippen LogP contribution < -0.4 is 0 Å². The summed E-state index contributed by atoms with van der Waals surface area (Å²) in [5.41, 5.74) is 1.83. The van der Waals surface area contributed by atoms with Crippen LogP contribution in [0.3, 0.4) is 0 Å². The lowest BCUT2D eigenvalue weighted by molar-refractivity contribution is 0.0687. The number of aryl methyl sites for hydroxylation is 1. The summed E-state index contributed by atoms with van der Waals surface area (Å²) in [6.07, 6.45) is 1.82. The van der Waals surface area contributed by atoms with Gasteiger partial charge < -0.3 is 9.67 Å². The third-order valence-corrected chi connectivity index (χ3v) is 2.32. The maximum absolute atomic E-state index is 10.8. The Morgan fingerprint density at radius 1 is 1.33 bits per heavy atom. The standard InChI is InChI=1S/C10H11N3O2/c1-12-6-5-7(11-12)8-3-4-9(10(14)15)13(8)2/h3-6H,1-2H3,(H,14,15). The molecule has 0 aliphatic rings. The number of carbonyl (C=O) groups is 1. The molecule has 0 radical (unpaired) electrons. The largest absolute Gasteiger partial charge is 0.477 e. The fourth-order valence-corrected chi connectivity index (χ4v) is 1.53. The van der Waals surface area contributed by atoms with Crippen LogP contribution in [-0.4, -0.2) is 25.4 Å². The monoisotopic (exact) mass is 205 g/mol. The smallest absolute Gasteiger partial charge is 0.352 e. The number of carboxylic acids is 1. The molecule has 0 saturated carbocycles. The molecule has 0 bridgehead atoms. The van der Waals surface area contributed by atoms with Crippen molar-refractivity contribution in [1.82, 2.24) is 14.3 Å². The van der Waals surface area contributed by atoms with Crippen molar-refractivity contribution in [3.8, 4) is 11.4 Å². The summed E-state index contributed by atoms with van der Waals surface area (Å²) in [6, 6.07) is 5.18. The normalized spacial score (nSPS) is 10.5. The Bertz CT molecular complexity index is 510. The van der Waals surface area contributed by atoms with Crippen LogP contribution in [0, 0.1) is 0 Å². The lowest BCUT2D eigenvalue weighted by Gasteiger charge is -2.01. The van der Waals surface area contributed by atoms with Crippen LogP contribution in [0.4, 0.5) is 0 Å². The Kier molecular flexibility index (Phi) is 2.07. The Balaban J connectivity index is 2.50. The molecule has 1 N–H and O–H groups in total.